The topological polar surface area (TPSA) is 43.4 Å². The third-order valence-corrected chi connectivity index (χ3v) is 10.7. The lowest BCUT2D eigenvalue weighted by molar-refractivity contribution is 0.419. The molecule has 56 heavy (non-hydrogen) atoms. The second-order valence-electron chi connectivity index (χ2n) is 13.5. The molecule has 0 spiro atoms. The monoisotopic (exact) mass is 732 g/mol. The van der Waals surface area contributed by atoms with Crippen LogP contribution in [-0.4, -0.2) is 28.4 Å². The van der Waals surface area contributed by atoms with E-state index in [1.807, 2.05) is 0 Å². The Morgan fingerprint density at radius 2 is 0.464 bits per heavy atom. The molecule has 0 saturated carbocycles. The SMILES string of the molecule is COc1ccc(N(c2ccc(N(c3ccc(OC)c4ccccc34)c3ccc(OC)c4ccccc34)cc2)c2ccc(OC)c3ccccc23)c2ccccc12. The van der Waals surface area contributed by atoms with Gasteiger partial charge < -0.3 is 28.7 Å². The number of nitrogens with zero attached hydrogens (tertiary/aromatic N) is 2. The molecule has 0 heterocycles. The number of rotatable bonds is 10. The van der Waals surface area contributed by atoms with E-state index in [0.29, 0.717) is 0 Å². The minimum atomic E-state index is 0.827. The molecule has 9 rings (SSSR count). The van der Waals surface area contributed by atoms with Crippen molar-refractivity contribution in [3.63, 3.8) is 0 Å². The predicted molar refractivity (Wildman–Crippen MR) is 232 cm³/mol. The van der Waals surface area contributed by atoms with Crippen molar-refractivity contribution < 1.29 is 18.9 Å². The van der Waals surface area contributed by atoms with Crippen LogP contribution in [0.3, 0.4) is 0 Å². The van der Waals surface area contributed by atoms with Crippen molar-refractivity contribution in [2.24, 2.45) is 0 Å². The lowest BCUT2D eigenvalue weighted by Gasteiger charge is -2.31. The molecule has 0 aliphatic heterocycles. The van der Waals surface area contributed by atoms with Crippen LogP contribution in [0.1, 0.15) is 0 Å². The van der Waals surface area contributed by atoms with Gasteiger partial charge in [-0.15, -0.1) is 0 Å². The first kappa shape index (κ1) is 34.6. The minimum absolute atomic E-state index is 0.827. The maximum Gasteiger partial charge on any atom is 0.126 e. The van der Waals surface area contributed by atoms with Crippen LogP contribution in [0.5, 0.6) is 23.0 Å². The van der Waals surface area contributed by atoms with Crippen LogP contribution < -0.4 is 28.7 Å². The molecule has 0 bridgehead atoms. The molecule has 6 nitrogen and oxygen atoms in total. The van der Waals surface area contributed by atoms with Crippen LogP contribution in [-0.2, 0) is 0 Å². The molecule has 274 valence electrons. The van der Waals surface area contributed by atoms with Gasteiger partial charge in [-0.3, -0.25) is 0 Å². The molecule has 0 fully saturated rings. The summed E-state index contributed by atoms with van der Waals surface area (Å²) in [6.45, 7) is 0. The molecule has 9 aromatic carbocycles. The summed E-state index contributed by atoms with van der Waals surface area (Å²) >= 11 is 0. The van der Waals surface area contributed by atoms with Crippen molar-refractivity contribution in [3.05, 3.63) is 170 Å². The minimum Gasteiger partial charge on any atom is -0.496 e. The zero-order valence-electron chi connectivity index (χ0n) is 31.7. The number of methoxy groups -OCH3 is 4. The maximum atomic E-state index is 5.83. The van der Waals surface area contributed by atoms with Crippen LogP contribution in [0.4, 0.5) is 34.1 Å². The largest absolute Gasteiger partial charge is 0.496 e. The second kappa shape index (κ2) is 14.6. The van der Waals surface area contributed by atoms with Crippen LogP contribution in [0.15, 0.2) is 170 Å². The summed E-state index contributed by atoms with van der Waals surface area (Å²) in [4.78, 5) is 4.67. The Balaban J connectivity index is 1.29. The first-order chi connectivity index (χ1) is 27.6. The fourth-order valence-corrected chi connectivity index (χ4v) is 8.08. The summed E-state index contributed by atoms with van der Waals surface area (Å²) < 4.78 is 23.3. The summed E-state index contributed by atoms with van der Waals surface area (Å²) in [7, 11) is 6.88. The van der Waals surface area contributed by atoms with Crippen LogP contribution >= 0.6 is 0 Å². The summed E-state index contributed by atoms with van der Waals surface area (Å²) in [6, 6.07) is 59.2. The van der Waals surface area contributed by atoms with Gasteiger partial charge in [-0.05, 0) is 72.8 Å². The molecule has 6 heteroatoms. The van der Waals surface area contributed by atoms with Gasteiger partial charge in [0.15, 0.2) is 0 Å². The Hall–Kier alpha value is -7.18. The maximum absolute atomic E-state index is 5.83. The average Bonchev–Trinajstić information content (AvgIpc) is 3.27. The van der Waals surface area contributed by atoms with Gasteiger partial charge in [0.1, 0.15) is 23.0 Å². The van der Waals surface area contributed by atoms with Crippen LogP contribution in [0.2, 0.25) is 0 Å². The van der Waals surface area contributed by atoms with Crippen molar-refractivity contribution in [1.29, 1.82) is 0 Å². The van der Waals surface area contributed by atoms with Crippen molar-refractivity contribution >= 4 is 77.2 Å². The number of hydrogen-bond donors (Lipinski definition) is 0. The molecule has 0 aliphatic rings. The van der Waals surface area contributed by atoms with E-state index in [-0.39, 0.29) is 0 Å². The number of ether oxygens (including phenoxy) is 4. The van der Waals surface area contributed by atoms with Crippen molar-refractivity contribution in [2.45, 2.75) is 0 Å². The molecule has 0 unspecified atom stereocenters. The van der Waals surface area contributed by atoms with E-state index in [1.54, 1.807) is 28.4 Å². The molecule has 0 aliphatic carbocycles. The highest BCUT2D eigenvalue weighted by atomic mass is 16.5. The van der Waals surface area contributed by atoms with Gasteiger partial charge in [0.05, 0.1) is 51.2 Å². The Bertz CT molecular complexity index is 2520. The number of hydrogen-bond acceptors (Lipinski definition) is 6. The van der Waals surface area contributed by atoms with E-state index in [1.165, 1.54) is 0 Å². The molecule has 0 aromatic heterocycles. The van der Waals surface area contributed by atoms with E-state index in [9.17, 15) is 0 Å². The Morgan fingerprint density at radius 3 is 0.679 bits per heavy atom. The highest BCUT2D eigenvalue weighted by molar-refractivity contribution is 6.09. The van der Waals surface area contributed by atoms with E-state index in [0.717, 1.165) is 100 Å². The highest BCUT2D eigenvalue weighted by Crippen LogP contribution is 2.48. The van der Waals surface area contributed by atoms with Crippen LogP contribution in [0, 0.1) is 0 Å². The number of anilines is 6. The van der Waals surface area contributed by atoms with E-state index < -0.39 is 0 Å². The predicted octanol–water partition coefficient (Wildman–Crippen LogP) is 13.3. The number of fused-ring (bicyclic) bond motifs is 4. The van der Waals surface area contributed by atoms with Gasteiger partial charge in [0.2, 0.25) is 0 Å². The van der Waals surface area contributed by atoms with Crippen molar-refractivity contribution in [1.82, 2.24) is 0 Å². The normalized spacial score (nSPS) is 11.2. The van der Waals surface area contributed by atoms with Gasteiger partial charge in [0, 0.05) is 54.5 Å². The smallest absolute Gasteiger partial charge is 0.126 e. The molecule has 9 aromatic rings. The fraction of sp³-hybridized carbons (Fsp3) is 0.0800. The molecule has 0 amide bonds. The molecular weight excluding hydrogens is 693 g/mol. The van der Waals surface area contributed by atoms with Gasteiger partial charge in [-0.25, -0.2) is 0 Å². The third kappa shape index (κ3) is 5.74. The highest BCUT2D eigenvalue weighted by Gasteiger charge is 2.23. The van der Waals surface area contributed by atoms with E-state index in [2.05, 4.69) is 180 Å². The van der Waals surface area contributed by atoms with E-state index in [4.69, 9.17) is 18.9 Å². The second-order valence-corrected chi connectivity index (χ2v) is 13.5. The molecular formula is C50H40N2O4. The Morgan fingerprint density at radius 1 is 0.250 bits per heavy atom. The fourth-order valence-electron chi connectivity index (χ4n) is 8.08. The lowest BCUT2D eigenvalue weighted by Crippen LogP contribution is -2.13. The first-order valence-electron chi connectivity index (χ1n) is 18.6. The van der Waals surface area contributed by atoms with Gasteiger partial charge in [0.25, 0.3) is 0 Å². The summed E-state index contributed by atoms with van der Waals surface area (Å²) in [5.74, 6) is 3.31. The molecule has 0 atom stereocenters. The zero-order valence-corrected chi connectivity index (χ0v) is 31.7. The molecule has 0 saturated heterocycles. The van der Waals surface area contributed by atoms with Gasteiger partial charge >= 0.3 is 0 Å². The van der Waals surface area contributed by atoms with Crippen LogP contribution in [0.25, 0.3) is 43.1 Å². The Kier molecular flexibility index (Phi) is 9.00. The standard InChI is InChI=1S/C50H40N2O4/c1-53-47-29-25-43(35-13-5-9-17-39(35)47)51(44-26-30-48(54-2)40-18-10-6-14-36(40)44)33-21-23-34(24-22-33)52(45-27-31-49(55-3)41-19-11-7-15-37(41)45)46-28-32-50(56-4)42-20-12-8-16-38(42)46/h5-32H,1-4H3. The average molecular weight is 733 g/mol. The lowest BCUT2D eigenvalue weighted by atomic mass is 10.0. The molecule has 0 N–H and O–H groups in total. The summed E-state index contributed by atoms with van der Waals surface area (Å²) in [5, 5.41) is 8.45. The summed E-state index contributed by atoms with van der Waals surface area (Å²) in [6.07, 6.45) is 0. The van der Waals surface area contributed by atoms with Gasteiger partial charge in [-0.1, -0.05) is 97.1 Å². The summed E-state index contributed by atoms with van der Waals surface area (Å²) in [5.41, 5.74) is 6.12. The van der Waals surface area contributed by atoms with Crippen molar-refractivity contribution in [3.8, 4) is 23.0 Å². The molecule has 0 radical (unpaired) electrons. The quantitative estimate of drug-likeness (QED) is 0.139. The third-order valence-electron chi connectivity index (χ3n) is 10.7. The van der Waals surface area contributed by atoms with E-state index >= 15 is 0 Å². The van der Waals surface area contributed by atoms with Gasteiger partial charge in [-0.2, -0.15) is 0 Å². The first-order valence-corrected chi connectivity index (χ1v) is 18.6. The van der Waals surface area contributed by atoms with Crippen molar-refractivity contribution in [2.75, 3.05) is 38.2 Å². The number of benzene rings is 9. The zero-order chi connectivity index (χ0) is 38.2. The Labute approximate surface area is 326 Å².